The Morgan fingerprint density at radius 2 is 2.19 bits per heavy atom. The summed E-state index contributed by atoms with van der Waals surface area (Å²) in [6, 6.07) is 6.09. The number of carbonyl (C=O) groups is 1. The number of benzene rings is 1. The zero-order valence-electron chi connectivity index (χ0n) is 15.1. The third kappa shape index (κ3) is 4.33. The normalized spacial score (nSPS) is 16.7. The highest BCUT2D eigenvalue weighted by atomic mass is 35.5. The van der Waals surface area contributed by atoms with Crippen LogP contribution in [0, 0.1) is 18.7 Å². The molecule has 0 fully saturated rings. The molecular formula is C20H23ClFN3O. The van der Waals surface area contributed by atoms with Gasteiger partial charge < -0.3 is 4.90 Å². The van der Waals surface area contributed by atoms with Crippen LogP contribution in [0.2, 0.25) is 5.02 Å². The van der Waals surface area contributed by atoms with Crippen LogP contribution in [-0.2, 0) is 13.6 Å². The van der Waals surface area contributed by atoms with Gasteiger partial charge in [0, 0.05) is 30.9 Å². The van der Waals surface area contributed by atoms with Gasteiger partial charge in [0.25, 0.3) is 5.91 Å². The molecule has 1 heterocycles. The van der Waals surface area contributed by atoms with Gasteiger partial charge in [-0.25, -0.2) is 4.39 Å². The van der Waals surface area contributed by atoms with E-state index in [4.69, 9.17) is 11.6 Å². The summed E-state index contributed by atoms with van der Waals surface area (Å²) in [5.74, 6) is -0.0916. The lowest BCUT2D eigenvalue weighted by Crippen LogP contribution is -2.35. The summed E-state index contributed by atoms with van der Waals surface area (Å²) < 4.78 is 15.0. The lowest BCUT2D eigenvalue weighted by atomic mass is 9.93. The van der Waals surface area contributed by atoms with Gasteiger partial charge >= 0.3 is 0 Å². The van der Waals surface area contributed by atoms with Crippen molar-refractivity contribution in [2.45, 2.75) is 32.7 Å². The van der Waals surface area contributed by atoms with E-state index in [9.17, 15) is 9.18 Å². The van der Waals surface area contributed by atoms with E-state index in [1.54, 1.807) is 21.7 Å². The van der Waals surface area contributed by atoms with Gasteiger partial charge in [0.1, 0.15) is 5.82 Å². The van der Waals surface area contributed by atoms with Crippen LogP contribution >= 0.6 is 11.6 Å². The predicted octanol–water partition coefficient (Wildman–Crippen LogP) is 4.52. The molecule has 0 radical (unpaired) electrons. The first-order chi connectivity index (χ1) is 12.4. The number of aromatic nitrogens is 2. The molecule has 6 heteroatoms. The maximum Gasteiger partial charge on any atom is 0.274 e. The second kappa shape index (κ2) is 8.04. The molecule has 1 aliphatic carbocycles. The third-order valence-electron chi connectivity index (χ3n) is 4.85. The Morgan fingerprint density at radius 3 is 2.81 bits per heavy atom. The monoisotopic (exact) mass is 375 g/mol. The van der Waals surface area contributed by atoms with Crippen LogP contribution in [0.15, 0.2) is 36.4 Å². The van der Waals surface area contributed by atoms with Crippen molar-refractivity contribution in [1.29, 1.82) is 0 Å². The van der Waals surface area contributed by atoms with Gasteiger partial charge in [0.05, 0.1) is 0 Å². The highest BCUT2D eigenvalue weighted by Gasteiger charge is 2.24. The Hall–Kier alpha value is -2.14. The van der Waals surface area contributed by atoms with E-state index >= 15 is 0 Å². The Kier molecular flexibility index (Phi) is 5.77. The highest BCUT2D eigenvalue weighted by Crippen LogP contribution is 2.24. The topological polar surface area (TPSA) is 38.1 Å². The SMILES string of the molecule is Cc1cc(C(=O)N(Cc2ccc(F)cc2Cl)C[C@H]2CC=CCC2)nn1C. The van der Waals surface area contributed by atoms with Crippen molar-refractivity contribution in [2.75, 3.05) is 6.54 Å². The second-order valence-electron chi connectivity index (χ2n) is 6.87. The van der Waals surface area contributed by atoms with Gasteiger partial charge in [-0.15, -0.1) is 0 Å². The molecule has 1 amide bonds. The fourth-order valence-corrected chi connectivity index (χ4v) is 3.46. The Morgan fingerprint density at radius 1 is 1.38 bits per heavy atom. The lowest BCUT2D eigenvalue weighted by molar-refractivity contribution is 0.0703. The minimum atomic E-state index is -0.380. The average molecular weight is 376 g/mol. The summed E-state index contributed by atoms with van der Waals surface area (Å²) in [7, 11) is 1.82. The molecule has 0 aliphatic heterocycles. The van der Waals surface area contributed by atoms with E-state index in [2.05, 4.69) is 17.3 Å². The number of hydrogen-bond donors (Lipinski definition) is 0. The largest absolute Gasteiger partial charge is 0.333 e. The maximum atomic E-state index is 13.3. The molecule has 138 valence electrons. The van der Waals surface area contributed by atoms with E-state index in [1.807, 2.05) is 14.0 Å². The molecule has 1 aromatic heterocycles. The lowest BCUT2D eigenvalue weighted by Gasteiger charge is -2.28. The molecule has 2 aromatic rings. The summed E-state index contributed by atoms with van der Waals surface area (Å²) in [6.07, 6.45) is 7.40. The van der Waals surface area contributed by atoms with Crippen molar-refractivity contribution in [1.82, 2.24) is 14.7 Å². The Bertz CT molecular complexity index is 811. The zero-order valence-corrected chi connectivity index (χ0v) is 15.8. The van der Waals surface area contributed by atoms with Crippen LogP contribution in [0.25, 0.3) is 0 Å². The summed E-state index contributed by atoms with van der Waals surface area (Å²) in [5, 5.41) is 4.66. The van der Waals surface area contributed by atoms with Gasteiger partial charge in [-0.1, -0.05) is 29.8 Å². The number of halogens is 2. The van der Waals surface area contributed by atoms with E-state index in [0.717, 1.165) is 30.5 Å². The smallest absolute Gasteiger partial charge is 0.274 e. The number of carbonyl (C=O) groups excluding carboxylic acids is 1. The quantitative estimate of drug-likeness (QED) is 0.720. The van der Waals surface area contributed by atoms with Gasteiger partial charge in [-0.05, 0) is 55.9 Å². The molecule has 0 unspecified atom stereocenters. The number of hydrogen-bond acceptors (Lipinski definition) is 2. The van der Waals surface area contributed by atoms with Crippen molar-refractivity contribution in [2.24, 2.45) is 13.0 Å². The van der Waals surface area contributed by atoms with Crippen LogP contribution in [0.4, 0.5) is 4.39 Å². The fourth-order valence-electron chi connectivity index (χ4n) is 3.24. The number of nitrogens with zero attached hydrogens (tertiary/aromatic N) is 3. The predicted molar refractivity (Wildman–Crippen MR) is 101 cm³/mol. The first kappa shape index (κ1) is 18.6. The van der Waals surface area contributed by atoms with E-state index in [0.29, 0.717) is 29.7 Å². The van der Waals surface area contributed by atoms with Crippen molar-refractivity contribution in [3.8, 4) is 0 Å². The van der Waals surface area contributed by atoms with Crippen molar-refractivity contribution >= 4 is 17.5 Å². The Labute approximate surface area is 158 Å². The van der Waals surface area contributed by atoms with Crippen LogP contribution in [0.3, 0.4) is 0 Å². The molecule has 1 atom stereocenters. The molecule has 0 spiro atoms. The van der Waals surface area contributed by atoms with Crippen molar-refractivity contribution < 1.29 is 9.18 Å². The molecule has 0 saturated heterocycles. The van der Waals surface area contributed by atoms with Gasteiger partial charge in [-0.2, -0.15) is 5.10 Å². The molecule has 26 heavy (non-hydrogen) atoms. The molecule has 4 nitrogen and oxygen atoms in total. The summed E-state index contributed by atoms with van der Waals surface area (Å²) in [6.45, 7) is 2.89. The third-order valence-corrected chi connectivity index (χ3v) is 5.20. The van der Waals surface area contributed by atoms with Crippen LogP contribution in [0.5, 0.6) is 0 Å². The average Bonchev–Trinajstić information content (AvgIpc) is 2.96. The Balaban J connectivity index is 1.84. The molecule has 1 aromatic carbocycles. The van der Waals surface area contributed by atoms with Gasteiger partial charge in [0.2, 0.25) is 0 Å². The number of rotatable bonds is 5. The van der Waals surface area contributed by atoms with E-state index < -0.39 is 0 Å². The van der Waals surface area contributed by atoms with Crippen molar-refractivity contribution in [3.05, 3.63) is 64.2 Å². The number of allylic oxidation sites excluding steroid dienone is 2. The van der Waals surface area contributed by atoms with E-state index in [-0.39, 0.29) is 11.7 Å². The van der Waals surface area contributed by atoms with Crippen LogP contribution in [0.1, 0.15) is 41.0 Å². The minimum absolute atomic E-state index is 0.122. The van der Waals surface area contributed by atoms with Gasteiger partial charge in [-0.3, -0.25) is 9.48 Å². The minimum Gasteiger partial charge on any atom is -0.333 e. The first-order valence-corrected chi connectivity index (χ1v) is 9.20. The first-order valence-electron chi connectivity index (χ1n) is 8.83. The van der Waals surface area contributed by atoms with E-state index in [1.165, 1.54) is 12.1 Å². The molecular weight excluding hydrogens is 353 g/mol. The molecule has 0 saturated carbocycles. The maximum absolute atomic E-state index is 13.3. The zero-order chi connectivity index (χ0) is 18.7. The highest BCUT2D eigenvalue weighted by molar-refractivity contribution is 6.31. The van der Waals surface area contributed by atoms with Crippen LogP contribution in [-0.4, -0.2) is 27.1 Å². The molecule has 0 bridgehead atoms. The second-order valence-corrected chi connectivity index (χ2v) is 7.27. The molecule has 0 N–H and O–H groups in total. The standard InChI is InChI=1S/C20H23ClFN3O/c1-14-10-19(23-24(14)2)20(26)25(12-15-6-4-3-5-7-15)13-16-8-9-17(22)11-18(16)21/h3-4,8-11,15H,5-7,12-13H2,1-2H3/t15-/m0/s1. The van der Waals surface area contributed by atoms with Crippen LogP contribution < -0.4 is 0 Å². The molecule has 1 aliphatic rings. The fraction of sp³-hybridized carbons (Fsp3) is 0.400. The van der Waals surface area contributed by atoms with Gasteiger partial charge in [0.15, 0.2) is 5.69 Å². The number of amides is 1. The van der Waals surface area contributed by atoms with Crippen molar-refractivity contribution in [3.63, 3.8) is 0 Å². The summed E-state index contributed by atoms with van der Waals surface area (Å²) in [4.78, 5) is 14.9. The summed E-state index contributed by atoms with van der Waals surface area (Å²) >= 11 is 6.19. The summed E-state index contributed by atoms with van der Waals surface area (Å²) in [5.41, 5.74) is 2.09. The molecule has 3 rings (SSSR count). The number of aryl methyl sites for hydroxylation is 2.